The van der Waals surface area contributed by atoms with Crippen molar-refractivity contribution < 1.29 is 9.18 Å². The van der Waals surface area contributed by atoms with Gasteiger partial charge in [-0.05, 0) is 49.3 Å². The van der Waals surface area contributed by atoms with Crippen molar-refractivity contribution in [1.82, 2.24) is 4.90 Å². The van der Waals surface area contributed by atoms with Gasteiger partial charge in [0.25, 0.3) is 0 Å². The average Bonchev–Trinajstić information content (AvgIpc) is 3.24. The van der Waals surface area contributed by atoms with Gasteiger partial charge in [0.15, 0.2) is 0 Å². The Bertz CT molecular complexity index is 505. The van der Waals surface area contributed by atoms with E-state index in [1.54, 1.807) is 13.0 Å². The Kier molecular flexibility index (Phi) is 3.64. The Hall–Kier alpha value is -1.58. The smallest absolute Gasteiger partial charge is 0.219 e. The minimum atomic E-state index is -0.0846. The summed E-state index contributed by atoms with van der Waals surface area (Å²) in [5, 5.41) is 3.39. The SMILES string of the molecule is CC(=O)N1CCC(Nc2ccc(C3CC3)c(F)c2)CC1. The van der Waals surface area contributed by atoms with Gasteiger partial charge in [0.2, 0.25) is 5.91 Å². The lowest BCUT2D eigenvalue weighted by molar-refractivity contribution is -0.129. The van der Waals surface area contributed by atoms with Crippen LogP contribution >= 0.6 is 0 Å². The van der Waals surface area contributed by atoms with Crippen molar-refractivity contribution in [1.29, 1.82) is 0 Å². The number of benzene rings is 1. The van der Waals surface area contributed by atoms with E-state index in [1.807, 2.05) is 17.0 Å². The topological polar surface area (TPSA) is 32.3 Å². The summed E-state index contributed by atoms with van der Waals surface area (Å²) in [6.07, 6.45) is 4.08. The summed E-state index contributed by atoms with van der Waals surface area (Å²) in [7, 11) is 0. The second kappa shape index (κ2) is 5.43. The molecule has 0 unspecified atom stereocenters. The number of carbonyl (C=O) groups is 1. The lowest BCUT2D eigenvalue weighted by atomic mass is 10.0. The number of likely N-dealkylation sites (tertiary alicyclic amines) is 1. The van der Waals surface area contributed by atoms with Crippen molar-refractivity contribution in [2.24, 2.45) is 0 Å². The van der Waals surface area contributed by atoms with Gasteiger partial charge in [-0.2, -0.15) is 0 Å². The van der Waals surface area contributed by atoms with Crippen molar-refractivity contribution in [3.05, 3.63) is 29.6 Å². The molecule has 1 heterocycles. The van der Waals surface area contributed by atoms with E-state index in [4.69, 9.17) is 0 Å². The van der Waals surface area contributed by atoms with Gasteiger partial charge in [0.05, 0.1) is 0 Å². The van der Waals surface area contributed by atoms with Crippen LogP contribution in [0.15, 0.2) is 18.2 Å². The van der Waals surface area contributed by atoms with Crippen LogP contribution in [-0.2, 0) is 4.79 Å². The van der Waals surface area contributed by atoms with Crippen molar-refractivity contribution in [3.63, 3.8) is 0 Å². The lowest BCUT2D eigenvalue weighted by Crippen LogP contribution is -2.41. The number of hydrogen-bond acceptors (Lipinski definition) is 2. The number of piperidine rings is 1. The third-order valence-corrected chi connectivity index (χ3v) is 4.33. The van der Waals surface area contributed by atoms with Crippen LogP contribution in [0.2, 0.25) is 0 Å². The van der Waals surface area contributed by atoms with Crippen LogP contribution in [0.25, 0.3) is 0 Å². The second-order valence-corrected chi connectivity index (χ2v) is 5.94. The first-order chi connectivity index (χ1) is 9.63. The number of carbonyl (C=O) groups excluding carboxylic acids is 1. The van der Waals surface area contributed by atoms with Gasteiger partial charge >= 0.3 is 0 Å². The van der Waals surface area contributed by atoms with Crippen LogP contribution in [0, 0.1) is 5.82 Å². The van der Waals surface area contributed by atoms with E-state index < -0.39 is 0 Å². The molecule has 20 heavy (non-hydrogen) atoms. The summed E-state index contributed by atoms with van der Waals surface area (Å²) >= 11 is 0. The molecule has 1 amide bonds. The lowest BCUT2D eigenvalue weighted by Gasteiger charge is -2.32. The number of nitrogens with one attached hydrogen (secondary N) is 1. The third kappa shape index (κ3) is 2.94. The molecule has 1 saturated carbocycles. The minimum Gasteiger partial charge on any atom is -0.382 e. The first-order valence-electron chi connectivity index (χ1n) is 7.45. The molecule has 2 aliphatic rings. The first-order valence-corrected chi connectivity index (χ1v) is 7.45. The Labute approximate surface area is 119 Å². The largest absolute Gasteiger partial charge is 0.382 e. The van der Waals surface area contributed by atoms with Crippen LogP contribution in [0.5, 0.6) is 0 Å². The van der Waals surface area contributed by atoms with Gasteiger partial charge in [-0.15, -0.1) is 0 Å². The van der Waals surface area contributed by atoms with Crippen LogP contribution in [0.4, 0.5) is 10.1 Å². The highest BCUT2D eigenvalue weighted by Crippen LogP contribution is 2.41. The number of nitrogens with zero attached hydrogens (tertiary/aromatic N) is 1. The number of anilines is 1. The summed E-state index contributed by atoms with van der Waals surface area (Å²) in [5.74, 6) is 0.504. The maximum Gasteiger partial charge on any atom is 0.219 e. The second-order valence-electron chi connectivity index (χ2n) is 5.94. The van der Waals surface area contributed by atoms with E-state index in [0.29, 0.717) is 12.0 Å². The van der Waals surface area contributed by atoms with Gasteiger partial charge < -0.3 is 10.2 Å². The van der Waals surface area contributed by atoms with Gasteiger partial charge in [0.1, 0.15) is 5.82 Å². The van der Waals surface area contributed by atoms with E-state index >= 15 is 0 Å². The monoisotopic (exact) mass is 276 g/mol. The van der Waals surface area contributed by atoms with E-state index in [-0.39, 0.29) is 11.7 Å². The molecule has 3 nitrogen and oxygen atoms in total. The molecule has 0 spiro atoms. The van der Waals surface area contributed by atoms with Gasteiger partial charge in [-0.25, -0.2) is 4.39 Å². The summed E-state index contributed by atoms with van der Waals surface area (Å²) in [6, 6.07) is 5.84. The molecule has 1 aliphatic carbocycles. The Morgan fingerprint density at radius 2 is 1.95 bits per heavy atom. The van der Waals surface area contributed by atoms with E-state index in [9.17, 15) is 9.18 Å². The van der Waals surface area contributed by atoms with E-state index in [2.05, 4.69) is 5.32 Å². The fourth-order valence-electron chi connectivity index (χ4n) is 2.92. The molecule has 0 bridgehead atoms. The minimum absolute atomic E-state index is 0.0846. The standard InChI is InChI=1S/C16H21FN2O/c1-11(20)19-8-6-13(7-9-19)18-14-4-5-15(12-2-3-12)16(17)10-14/h4-5,10,12-13,18H,2-3,6-9H2,1H3. The molecule has 0 radical (unpaired) electrons. The molecule has 1 aliphatic heterocycles. The highest BCUT2D eigenvalue weighted by atomic mass is 19.1. The Morgan fingerprint density at radius 3 is 2.50 bits per heavy atom. The van der Waals surface area contributed by atoms with E-state index in [1.165, 1.54) is 0 Å². The number of rotatable bonds is 3. The van der Waals surface area contributed by atoms with Gasteiger partial charge in [-0.1, -0.05) is 6.07 Å². The molecule has 4 heteroatoms. The molecule has 1 N–H and O–H groups in total. The highest BCUT2D eigenvalue weighted by molar-refractivity contribution is 5.73. The maximum absolute atomic E-state index is 14.0. The van der Waals surface area contributed by atoms with Gasteiger partial charge in [-0.3, -0.25) is 4.79 Å². The molecular weight excluding hydrogens is 255 g/mol. The Balaban J connectivity index is 1.58. The van der Waals surface area contributed by atoms with Crippen LogP contribution in [-0.4, -0.2) is 29.9 Å². The predicted octanol–water partition coefficient (Wildman–Crippen LogP) is 3.13. The average molecular weight is 276 g/mol. The summed E-state index contributed by atoms with van der Waals surface area (Å²) in [5.41, 5.74) is 1.72. The molecule has 1 aromatic carbocycles. The predicted molar refractivity (Wildman–Crippen MR) is 77.3 cm³/mol. The van der Waals surface area contributed by atoms with Crippen LogP contribution < -0.4 is 5.32 Å². The normalized spacial score (nSPS) is 20.0. The van der Waals surface area contributed by atoms with Crippen molar-refractivity contribution in [2.75, 3.05) is 18.4 Å². The van der Waals surface area contributed by atoms with Crippen molar-refractivity contribution >= 4 is 11.6 Å². The Morgan fingerprint density at radius 1 is 1.25 bits per heavy atom. The molecule has 3 rings (SSSR count). The number of hydrogen-bond donors (Lipinski definition) is 1. The zero-order valence-corrected chi connectivity index (χ0v) is 11.9. The molecule has 108 valence electrons. The zero-order chi connectivity index (χ0) is 14.1. The fourth-order valence-corrected chi connectivity index (χ4v) is 2.92. The van der Waals surface area contributed by atoms with Crippen molar-refractivity contribution in [3.8, 4) is 0 Å². The maximum atomic E-state index is 14.0. The van der Waals surface area contributed by atoms with Crippen LogP contribution in [0.1, 0.15) is 44.1 Å². The fraction of sp³-hybridized carbons (Fsp3) is 0.562. The first kappa shape index (κ1) is 13.4. The molecule has 2 fully saturated rings. The van der Waals surface area contributed by atoms with Crippen molar-refractivity contribution in [2.45, 2.75) is 44.6 Å². The van der Waals surface area contributed by atoms with Crippen LogP contribution in [0.3, 0.4) is 0 Å². The van der Waals surface area contributed by atoms with Gasteiger partial charge in [0, 0.05) is 31.7 Å². The number of halogens is 1. The summed E-state index contributed by atoms with van der Waals surface area (Å²) in [6.45, 7) is 3.19. The molecule has 0 aromatic heterocycles. The summed E-state index contributed by atoms with van der Waals surface area (Å²) < 4.78 is 14.0. The third-order valence-electron chi connectivity index (χ3n) is 4.33. The zero-order valence-electron chi connectivity index (χ0n) is 11.9. The number of amides is 1. The molecule has 1 saturated heterocycles. The molecule has 1 aromatic rings. The molecular formula is C16H21FN2O. The summed E-state index contributed by atoms with van der Waals surface area (Å²) in [4.78, 5) is 13.1. The quantitative estimate of drug-likeness (QED) is 0.920. The molecule has 0 atom stereocenters. The highest BCUT2D eigenvalue weighted by Gasteiger charge is 2.26. The van der Waals surface area contributed by atoms with E-state index in [0.717, 1.165) is 50.0 Å².